The smallest absolute Gasteiger partial charge is 0.161 e. The zero-order valence-corrected chi connectivity index (χ0v) is 15.5. The third kappa shape index (κ3) is 3.78. The van der Waals surface area contributed by atoms with Crippen molar-refractivity contribution < 1.29 is 9.47 Å². The zero-order chi connectivity index (χ0) is 17.8. The van der Waals surface area contributed by atoms with Crippen molar-refractivity contribution in [2.24, 2.45) is 0 Å². The van der Waals surface area contributed by atoms with E-state index in [2.05, 4.69) is 37.9 Å². The van der Waals surface area contributed by atoms with E-state index in [4.69, 9.17) is 14.5 Å². The van der Waals surface area contributed by atoms with E-state index in [1.54, 1.807) is 0 Å². The number of hydrogen-bond acceptors (Lipinski definition) is 3. The Hall–Kier alpha value is -2.49. The van der Waals surface area contributed by atoms with Gasteiger partial charge in [-0.15, -0.1) is 0 Å². The molecule has 0 saturated carbocycles. The molecule has 0 aliphatic heterocycles. The van der Waals surface area contributed by atoms with Gasteiger partial charge < -0.3 is 14.5 Å². The third-order valence-corrected chi connectivity index (χ3v) is 4.37. The lowest BCUT2D eigenvalue weighted by molar-refractivity contribution is 0.273. The number of hydrogen-bond donors (Lipinski definition) is 1. The summed E-state index contributed by atoms with van der Waals surface area (Å²) in [6.07, 6.45) is 2.15. The van der Waals surface area contributed by atoms with Crippen LogP contribution in [0.25, 0.3) is 22.4 Å². The van der Waals surface area contributed by atoms with Gasteiger partial charge in [-0.1, -0.05) is 13.3 Å². The SMILES string of the molecule is CCCCOc1ccc(-c2nc3cc(C)c(C)cc3[nH]2)cc1OCC. The minimum atomic E-state index is 0.603. The summed E-state index contributed by atoms with van der Waals surface area (Å²) in [6.45, 7) is 9.67. The van der Waals surface area contributed by atoms with Crippen LogP contribution in [0.5, 0.6) is 11.5 Å². The van der Waals surface area contributed by atoms with Gasteiger partial charge in [0.15, 0.2) is 11.5 Å². The van der Waals surface area contributed by atoms with Crippen LogP contribution >= 0.6 is 0 Å². The molecule has 1 aromatic heterocycles. The number of benzene rings is 2. The van der Waals surface area contributed by atoms with Crippen molar-refractivity contribution in [3.8, 4) is 22.9 Å². The molecule has 3 aromatic rings. The van der Waals surface area contributed by atoms with E-state index < -0.39 is 0 Å². The summed E-state index contributed by atoms with van der Waals surface area (Å²) in [5, 5.41) is 0. The van der Waals surface area contributed by atoms with Gasteiger partial charge >= 0.3 is 0 Å². The lowest BCUT2D eigenvalue weighted by Gasteiger charge is -2.12. The largest absolute Gasteiger partial charge is 0.490 e. The molecule has 4 heteroatoms. The van der Waals surface area contributed by atoms with Crippen molar-refractivity contribution in [2.75, 3.05) is 13.2 Å². The Kier molecular flexibility index (Phi) is 5.27. The van der Waals surface area contributed by atoms with Crippen LogP contribution in [0, 0.1) is 13.8 Å². The molecular formula is C21H26N2O2. The Balaban J connectivity index is 1.95. The van der Waals surface area contributed by atoms with Gasteiger partial charge in [0.25, 0.3) is 0 Å². The molecular weight excluding hydrogens is 312 g/mol. The van der Waals surface area contributed by atoms with Crippen LogP contribution in [-0.4, -0.2) is 23.2 Å². The molecule has 0 aliphatic rings. The molecule has 0 spiro atoms. The fourth-order valence-corrected chi connectivity index (χ4v) is 2.78. The molecule has 2 aromatic carbocycles. The molecule has 0 aliphatic carbocycles. The number of unbranched alkanes of at least 4 members (excludes halogenated alkanes) is 1. The van der Waals surface area contributed by atoms with Crippen LogP contribution < -0.4 is 9.47 Å². The first kappa shape index (κ1) is 17.3. The first-order chi connectivity index (χ1) is 12.1. The maximum atomic E-state index is 5.86. The minimum Gasteiger partial charge on any atom is -0.490 e. The number of ether oxygens (including phenoxy) is 2. The van der Waals surface area contributed by atoms with Crippen LogP contribution in [0.2, 0.25) is 0 Å². The standard InChI is InChI=1S/C21H26N2O2/c1-5-7-10-25-19-9-8-16(13-20(19)24-6-2)21-22-17-11-14(3)15(4)12-18(17)23-21/h8-9,11-13H,5-7,10H2,1-4H3,(H,22,23). The molecule has 132 valence electrons. The summed E-state index contributed by atoms with van der Waals surface area (Å²) < 4.78 is 11.6. The predicted octanol–water partition coefficient (Wildman–Crippen LogP) is 5.42. The van der Waals surface area contributed by atoms with Crippen LogP contribution in [0.1, 0.15) is 37.8 Å². The molecule has 0 radical (unpaired) electrons. The molecule has 0 bridgehead atoms. The first-order valence-electron chi connectivity index (χ1n) is 8.99. The zero-order valence-electron chi connectivity index (χ0n) is 15.5. The highest BCUT2D eigenvalue weighted by Crippen LogP contribution is 2.33. The van der Waals surface area contributed by atoms with Crippen molar-refractivity contribution in [1.82, 2.24) is 9.97 Å². The Labute approximate surface area is 149 Å². The molecule has 25 heavy (non-hydrogen) atoms. The first-order valence-corrected chi connectivity index (χ1v) is 8.99. The van der Waals surface area contributed by atoms with E-state index in [-0.39, 0.29) is 0 Å². The second-order valence-corrected chi connectivity index (χ2v) is 6.34. The molecule has 0 amide bonds. The van der Waals surface area contributed by atoms with Crippen LogP contribution in [0.3, 0.4) is 0 Å². The lowest BCUT2D eigenvalue weighted by atomic mass is 10.1. The summed E-state index contributed by atoms with van der Waals surface area (Å²) in [4.78, 5) is 8.15. The molecule has 3 rings (SSSR count). The number of aromatic nitrogens is 2. The van der Waals surface area contributed by atoms with Crippen LogP contribution in [-0.2, 0) is 0 Å². The van der Waals surface area contributed by atoms with Crippen molar-refractivity contribution in [2.45, 2.75) is 40.5 Å². The maximum absolute atomic E-state index is 5.86. The van der Waals surface area contributed by atoms with Gasteiger partial charge in [0.1, 0.15) is 5.82 Å². The van der Waals surface area contributed by atoms with Gasteiger partial charge in [0.2, 0.25) is 0 Å². The monoisotopic (exact) mass is 338 g/mol. The van der Waals surface area contributed by atoms with Gasteiger partial charge in [-0.3, -0.25) is 0 Å². The summed E-state index contributed by atoms with van der Waals surface area (Å²) in [7, 11) is 0. The third-order valence-electron chi connectivity index (χ3n) is 4.37. The highest BCUT2D eigenvalue weighted by atomic mass is 16.5. The van der Waals surface area contributed by atoms with E-state index in [9.17, 15) is 0 Å². The predicted molar refractivity (Wildman–Crippen MR) is 103 cm³/mol. The summed E-state index contributed by atoms with van der Waals surface area (Å²) in [5.41, 5.74) is 5.55. The topological polar surface area (TPSA) is 47.1 Å². The molecule has 0 atom stereocenters. The Morgan fingerprint density at radius 3 is 2.52 bits per heavy atom. The quantitative estimate of drug-likeness (QED) is 0.585. The normalized spacial score (nSPS) is 11.0. The van der Waals surface area contributed by atoms with Gasteiger partial charge in [0.05, 0.1) is 24.2 Å². The number of nitrogens with zero attached hydrogens (tertiary/aromatic N) is 1. The summed E-state index contributed by atoms with van der Waals surface area (Å²) >= 11 is 0. The molecule has 0 fully saturated rings. The number of imidazole rings is 1. The number of aromatic amines is 1. The number of aryl methyl sites for hydroxylation is 2. The van der Waals surface area contributed by atoms with Gasteiger partial charge in [-0.25, -0.2) is 4.98 Å². The molecule has 1 heterocycles. The van der Waals surface area contributed by atoms with Gasteiger partial charge in [0, 0.05) is 5.56 Å². The second-order valence-electron chi connectivity index (χ2n) is 6.34. The Morgan fingerprint density at radius 1 is 0.960 bits per heavy atom. The van der Waals surface area contributed by atoms with E-state index in [0.717, 1.165) is 46.8 Å². The lowest BCUT2D eigenvalue weighted by Crippen LogP contribution is -2.01. The number of fused-ring (bicyclic) bond motifs is 1. The fourth-order valence-electron chi connectivity index (χ4n) is 2.78. The van der Waals surface area contributed by atoms with Crippen LogP contribution in [0.4, 0.5) is 0 Å². The highest BCUT2D eigenvalue weighted by Gasteiger charge is 2.11. The second kappa shape index (κ2) is 7.60. The fraction of sp³-hybridized carbons (Fsp3) is 0.381. The summed E-state index contributed by atoms with van der Waals surface area (Å²) in [6, 6.07) is 10.3. The van der Waals surface area contributed by atoms with E-state index in [0.29, 0.717) is 13.2 Å². The average Bonchev–Trinajstić information content (AvgIpc) is 2.99. The molecule has 0 unspecified atom stereocenters. The highest BCUT2D eigenvalue weighted by molar-refractivity contribution is 5.81. The minimum absolute atomic E-state index is 0.603. The summed E-state index contributed by atoms with van der Waals surface area (Å²) in [5.74, 6) is 2.41. The molecule has 4 nitrogen and oxygen atoms in total. The van der Waals surface area contributed by atoms with Crippen molar-refractivity contribution in [3.63, 3.8) is 0 Å². The number of nitrogens with one attached hydrogen (secondary N) is 1. The maximum Gasteiger partial charge on any atom is 0.161 e. The van der Waals surface area contributed by atoms with E-state index in [1.807, 2.05) is 25.1 Å². The Morgan fingerprint density at radius 2 is 1.76 bits per heavy atom. The van der Waals surface area contributed by atoms with Crippen LogP contribution in [0.15, 0.2) is 30.3 Å². The van der Waals surface area contributed by atoms with E-state index >= 15 is 0 Å². The molecule has 1 N–H and O–H groups in total. The van der Waals surface area contributed by atoms with Crippen molar-refractivity contribution in [3.05, 3.63) is 41.5 Å². The number of H-pyrrole nitrogens is 1. The van der Waals surface area contributed by atoms with Crippen molar-refractivity contribution in [1.29, 1.82) is 0 Å². The Bertz CT molecular complexity index is 829. The van der Waals surface area contributed by atoms with Gasteiger partial charge in [-0.05, 0) is 68.7 Å². The average molecular weight is 338 g/mol. The molecule has 0 saturated heterocycles. The van der Waals surface area contributed by atoms with Gasteiger partial charge in [-0.2, -0.15) is 0 Å². The van der Waals surface area contributed by atoms with E-state index in [1.165, 1.54) is 11.1 Å². The van der Waals surface area contributed by atoms with Crippen molar-refractivity contribution >= 4 is 11.0 Å². The number of rotatable bonds is 7.